The van der Waals surface area contributed by atoms with E-state index < -0.39 is 29.4 Å². The predicted octanol–water partition coefficient (Wildman–Crippen LogP) is 1.79. The quantitative estimate of drug-likeness (QED) is 0.315. The fraction of sp³-hybridized carbons (Fsp3) is 0.429. The van der Waals surface area contributed by atoms with Gasteiger partial charge in [0.15, 0.2) is 5.11 Å². The number of hydrogen-bond acceptors (Lipinski definition) is 6. The Hall–Kier alpha value is -2.94. The van der Waals surface area contributed by atoms with Gasteiger partial charge in [-0.1, -0.05) is 30.3 Å². The van der Waals surface area contributed by atoms with Gasteiger partial charge in [-0.25, -0.2) is 9.79 Å². The van der Waals surface area contributed by atoms with Crippen molar-refractivity contribution in [1.82, 2.24) is 15.5 Å². The average Bonchev–Trinajstić information content (AvgIpc) is 2.71. The molecule has 0 radical (unpaired) electrons. The molecular formula is C21H28N4O4S. The Kier molecular flexibility index (Phi) is 7.55. The summed E-state index contributed by atoms with van der Waals surface area (Å²) >= 11 is 5.36. The van der Waals surface area contributed by atoms with E-state index in [1.807, 2.05) is 44.4 Å². The molecule has 0 amide bonds. The molecule has 3 atom stereocenters. The summed E-state index contributed by atoms with van der Waals surface area (Å²) in [6.45, 7) is 3.56. The van der Waals surface area contributed by atoms with Gasteiger partial charge in [0.05, 0.1) is 26.1 Å². The van der Waals surface area contributed by atoms with Gasteiger partial charge >= 0.3 is 11.9 Å². The van der Waals surface area contributed by atoms with Crippen molar-refractivity contribution in [3.05, 3.63) is 47.2 Å². The summed E-state index contributed by atoms with van der Waals surface area (Å²) < 4.78 is 10.2. The minimum Gasteiger partial charge on any atom is -0.469 e. The second-order valence-corrected chi connectivity index (χ2v) is 7.77. The molecule has 2 N–H and O–H groups in total. The highest BCUT2D eigenvalue weighted by molar-refractivity contribution is 7.80. The number of nitrogens with one attached hydrogen (secondary N) is 2. The van der Waals surface area contributed by atoms with E-state index in [0.29, 0.717) is 11.3 Å². The number of esters is 2. The zero-order chi connectivity index (χ0) is 22.5. The van der Waals surface area contributed by atoms with Crippen molar-refractivity contribution in [2.75, 3.05) is 28.3 Å². The lowest BCUT2D eigenvalue weighted by Gasteiger charge is -2.46. The first-order valence-corrected chi connectivity index (χ1v) is 9.78. The van der Waals surface area contributed by atoms with E-state index in [4.69, 9.17) is 21.7 Å². The van der Waals surface area contributed by atoms with Gasteiger partial charge in [-0.15, -0.1) is 0 Å². The van der Waals surface area contributed by atoms with Gasteiger partial charge in [0, 0.05) is 25.7 Å². The van der Waals surface area contributed by atoms with Crippen LogP contribution in [-0.4, -0.2) is 62.3 Å². The molecule has 0 fully saturated rings. The van der Waals surface area contributed by atoms with Crippen LogP contribution in [0.3, 0.4) is 0 Å². The number of thiocarbonyl (C=S) groups is 1. The highest BCUT2D eigenvalue weighted by Gasteiger charge is 2.52. The van der Waals surface area contributed by atoms with Gasteiger partial charge in [0.25, 0.3) is 0 Å². The molecule has 8 nitrogen and oxygen atoms in total. The number of carbonyl (C=O) groups excluding carboxylic acids is 2. The number of ether oxygens (including phenoxy) is 2. The van der Waals surface area contributed by atoms with Crippen LogP contribution in [0.4, 0.5) is 0 Å². The summed E-state index contributed by atoms with van der Waals surface area (Å²) in [5, 5.41) is 6.55. The molecule has 0 aromatic heterocycles. The molecule has 3 unspecified atom stereocenters. The summed E-state index contributed by atoms with van der Waals surface area (Å²) in [5.74, 6) is -2.47. The highest BCUT2D eigenvalue weighted by Crippen LogP contribution is 2.43. The Morgan fingerprint density at radius 3 is 2.40 bits per heavy atom. The van der Waals surface area contributed by atoms with E-state index in [-0.39, 0.29) is 5.11 Å². The predicted molar refractivity (Wildman–Crippen MR) is 119 cm³/mol. The van der Waals surface area contributed by atoms with Gasteiger partial charge in [-0.3, -0.25) is 4.79 Å². The number of rotatable bonds is 5. The zero-order valence-electron chi connectivity index (χ0n) is 18.1. The van der Waals surface area contributed by atoms with Crippen LogP contribution in [0.1, 0.15) is 25.3 Å². The van der Waals surface area contributed by atoms with Crippen molar-refractivity contribution in [2.45, 2.75) is 25.4 Å². The molecule has 9 heteroatoms. The van der Waals surface area contributed by atoms with E-state index in [0.717, 1.165) is 5.56 Å². The first kappa shape index (κ1) is 23.3. The van der Waals surface area contributed by atoms with Crippen molar-refractivity contribution in [3.8, 4) is 0 Å². The minimum atomic E-state index is -1.07. The van der Waals surface area contributed by atoms with Gasteiger partial charge in [-0.05, 0) is 31.6 Å². The maximum Gasteiger partial charge on any atom is 0.336 e. The Morgan fingerprint density at radius 1 is 1.23 bits per heavy atom. The molecule has 1 heterocycles. The van der Waals surface area contributed by atoms with Gasteiger partial charge in [-0.2, -0.15) is 0 Å². The minimum absolute atomic E-state index is 0.189. The fourth-order valence-corrected chi connectivity index (χ4v) is 3.97. The number of benzene rings is 1. The smallest absolute Gasteiger partial charge is 0.336 e. The van der Waals surface area contributed by atoms with Crippen LogP contribution in [0, 0.1) is 5.92 Å². The molecule has 2 rings (SSSR count). The molecule has 1 aliphatic rings. The molecule has 0 aliphatic carbocycles. The maximum atomic E-state index is 13.0. The van der Waals surface area contributed by atoms with E-state index in [1.54, 1.807) is 25.1 Å². The van der Waals surface area contributed by atoms with E-state index in [9.17, 15) is 9.59 Å². The van der Waals surface area contributed by atoms with E-state index in [1.165, 1.54) is 14.2 Å². The van der Waals surface area contributed by atoms with Gasteiger partial charge in [0.1, 0.15) is 11.6 Å². The topological polar surface area (TPSA) is 92.3 Å². The first-order chi connectivity index (χ1) is 14.1. The second-order valence-electron chi connectivity index (χ2n) is 7.39. The van der Waals surface area contributed by atoms with E-state index in [2.05, 4.69) is 15.6 Å². The third-order valence-corrected chi connectivity index (χ3v) is 5.12. The number of methoxy groups -OCH3 is 2. The van der Waals surface area contributed by atoms with Gasteiger partial charge < -0.3 is 25.0 Å². The van der Waals surface area contributed by atoms with Crippen molar-refractivity contribution in [2.24, 2.45) is 10.9 Å². The standard InChI is InChI=1S/C21H28N4O4S/c1-13-15(18(26)28-5)16(14-10-8-7-9-11-14)17(19(27)29-6)21(2,23-13)24-20(30)22-12-25(3)4/h7-12,16-17,23H,1-6H3,(H,24,30). The molecule has 0 saturated heterocycles. The first-order valence-electron chi connectivity index (χ1n) is 9.37. The summed E-state index contributed by atoms with van der Waals surface area (Å²) in [4.78, 5) is 31.6. The number of hydrogen-bond donors (Lipinski definition) is 2. The van der Waals surface area contributed by atoms with E-state index >= 15 is 0 Å². The lowest BCUT2D eigenvalue weighted by atomic mass is 9.71. The number of aliphatic imine (C=N–C) groups is 1. The van der Waals surface area contributed by atoms with Crippen LogP contribution in [0.2, 0.25) is 0 Å². The normalized spacial score (nSPS) is 23.5. The molecule has 1 aromatic rings. The van der Waals surface area contributed by atoms with Crippen molar-refractivity contribution in [1.29, 1.82) is 0 Å². The number of nitrogens with zero attached hydrogens (tertiary/aromatic N) is 2. The zero-order valence-corrected chi connectivity index (χ0v) is 18.9. The van der Waals surface area contributed by atoms with Crippen LogP contribution in [-0.2, 0) is 19.1 Å². The molecule has 162 valence electrons. The van der Waals surface area contributed by atoms with Crippen LogP contribution < -0.4 is 10.6 Å². The Bertz CT molecular complexity index is 869. The van der Waals surface area contributed by atoms with Crippen LogP contribution in [0.25, 0.3) is 0 Å². The average molecular weight is 433 g/mol. The summed E-state index contributed by atoms with van der Waals surface area (Å²) in [5.41, 5.74) is 0.645. The molecule has 1 aromatic carbocycles. The second kappa shape index (κ2) is 9.71. The van der Waals surface area contributed by atoms with Crippen molar-refractivity contribution in [3.63, 3.8) is 0 Å². The third-order valence-electron chi connectivity index (χ3n) is 4.91. The summed E-state index contributed by atoms with van der Waals surface area (Å²) in [6.07, 6.45) is 1.56. The molecule has 1 aliphatic heterocycles. The lowest BCUT2D eigenvalue weighted by molar-refractivity contribution is -0.150. The monoisotopic (exact) mass is 432 g/mol. The Labute approximate surface area is 182 Å². The molecule has 0 bridgehead atoms. The van der Waals surface area contributed by atoms with Crippen LogP contribution in [0.5, 0.6) is 0 Å². The number of allylic oxidation sites excluding steroid dienone is 1. The molecular weight excluding hydrogens is 404 g/mol. The van der Waals surface area contributed by atoms with Crippen LogP contribution >= 0.6 is 12.2 Å². The largest absolute Gasteiger partial charge is 0.469 e. The summed E-state index contributed by atoms with van der Waals surface area (Å²) in [7, 11) is 6.28. The Morgan fingerprint density at radius 2 is 1.87 bits per heavy atom. The number of carbonyl (C=O) groups is 2. The van der Waals surface area contributed by atoms with Crippen LogP contribution in [0.15, 0.2) is 46.6 Å². The van der Waals surface area contributed by atoms with Gasteiger partial charge in [0.2, 0.25) is 0 Å². The molecule has 30 heavy (non-hydrogen) atoms. The lowest BCUT2D eigenvalue weighted by Crippen LogP contribution is -2.66. The SMILES string of the molecule is COC(=O)C1=C(C)NC(C)(NC(=S)N=CN(C)C)C(C(=O)OC)C1c1ccccc1. The highest BCUT2D eigenvalue weighted by atomic mass is 32.1. The van der Waals surface area contributed by atoms with Crippen molar-refractivity contribution < 1.29 is 19.1 Å². The Balaban J connectivity index is 2.64. The third kappa shape index (κ3) is 4.96. The maximum absolute atomic E-state index is 13.0. The fourth-order valence-electron chi connectivity index (χ4n) is 3.71. The summed E-state index contributed by atoms with van der Waals surface area (Å²) in [6, 6.07) is 9.31. The molecule has 0 saturated carbocycles. The molecule has 0 spiro atoms. The van der Waals surface area contributed by atoms with Crippen molar-refractivity contribution >= 4 is 35.6 Å².